The molecular formula is C12H19ClN8O2. The lowest BCUT2D eigenvalue weighted by Gasteiger charge is -2.11. The summed E-state index contributed by atoms with van der Waals surface area (Å²) in [6, 6.07) is -0.534. The van der Waals surface area contributed by atoms with Gasteiger partial charge in [-0.25, -0.2) is 14.8 Å². The second kappa shape index (κ2) is 8.13. The number of rotatable bonds is 4. The monoisotopic (exact) mass is 342 g/mol. The quantitative estimate of drug-likeness (QED) is 0.388. The van der Waals surface area contributed by atoms with Crippen molar-refractivity contribution in [2.24, 2.45) is 10.7 Å². The molecule has 0 saturated heterocycles. The number of anilines is 2. The summed E-state index contributed by atoms with van der Waals surface area (Å²) in [4.78, 5) is 34.6. The van der Waals surface area contributed by atoms with Crippen LogP contribution in [0.3, 0.4) is 0 Å². The van der Waals surface area contributed by atoms with E-state index < -0.39 is 17.9 Å². The molecule has 0 radical (unpaired) electrons. The van der Waals surface area contributed by atoms with Crippen LogP contribution in [0.1, 0.15) is 31.3 Å². The number of carbonyl (C=O) groups excluding carboxylic acids is 2. The first-order valence-electron chi connectivity index (χ1n) is 6.77. The summed E-state index contributed by atoms with van der Waals surface area (Å²) in [5.41, 5.74) is 10.9. The normalized spacial score (nSPS) is 11.3. The Balaban J connectivity index is 2.96. The zero-order valence-electron chi connectivity index (χ0n) is 13.0. The molecule has 0 aliphatic rings. The molecule has 23 heavy (non-hydrogen) atoms. The van der Waals surface area contributed by atoms with Gasteiger partial charge in [0.25, 0.3) is 0 Å². The first kappa shape index (κ1) is 18.4. The van der Waals surface area contributed by atoms with Gasteiger partial charge in [-0.3, -0.25) is 10.1 Å². The molecule has 7 N–H and O–H groups in total. The highest BCUT2D eigenvalue weighted by molar-refractivity contribution is 6.32. The van der Waals surface area contributed by atoms with Crippen LogP contribution < -0.4 is 27.4 Å². The number of amides is 3. The number of nitrogens with one attached hydrogen (secondary N) is 3. The standard InChI is InChI=1S/C12H19ClN8O2/c1-4-16-12(23)21-11(15)20-10(22)6-8(14)19-9(7(13)18-6)17-5(2)3/h5H,4H2,1-3H3,(H3,14,17,19)(H4,15,16,20,21,22,23). The molecule has 0 aromatic carbocycles. The first-order chi connectivity index (χ1) is 10.7. The van der Waals surface area contributed by atoms with Crippen LogP contribution in [-0.2, 0) is 0 Å². The average Bonchev–Trinajstić information content (AvgIpc) is 2.41. The van der Waals surface area contributed by atoms with Gasteiger partial charge in [-0.15, -0.1) is 0 Å². The van der Waals surface area contributed by atoms with E-state index in [1.54, 1.807) is 6.92 Å². The lowest BCUT2D eigenvalue weighted by molar-refractivity contribution is 0.0998. The summed E-state index contributed by atoms with van der Waals surface area (Å²) in [6.07, 6.45) is 0. The van der Waals surface area contributed by atoms with Crippen molar-refractivity contribution in [3.05, 3.63) is 10.8 Å². The summed E-state index contributed by atoms with van der Waals surface area (Å²) in [5.74, 6) is -1.17. The van der Waals surface area contributed by atoms with Gasteiger partial charge >= 0.3 is 11.9 Å². The van der Waals surface area contributed by atoms with E-state index in [0.29, 0.717) is 6.54 Å². The van der Waals surface area contributed by atoms with Crippen LogP contribution in [0.25, 0.3) is 0 Å². The van der Waals surface area contributed by atoms with E-state index in [1.807, 2.05) is 13.8 Å². The van der Waals surface area contributed by atoms with Crippen molar-refractivity contribution in [2.45, 2.75) is 26.8 Å². The Kier molecular flexibility index (Phi) is 6.51. The Morgan fingerprint density at radius 3 is 2.57 bits per heavy atom. The Morgan fingerprint density at radius 1 is 1.35 bits per heavy atom. The van der Waals surface area contributed by atoms with Gasteiger partial charge in [0, 0.05) is 12.6 Å². The molecule has 0 aliphatic heterocycles. The summed E-state index contributed by atoms with van der Waals surface area (Å²) in [7, 11) is 0. The molecule has 1 aromatic heterocycles. The highest BCUT2D eigenvalue weighted by atomic mass is 35.5. The molecule has 11 heteroatoms. The Labute approximate surface area is 138 Å². The topological polar surface area (TPSA) is 160 Å². The maximum atomic E-state index is 12.0. The van der Waals surface area contributed by atoms with E-state index in [0.717, 1.165) is 0 Å². The Bertz CT molecular complexity index is 632. The lowest BCUT2D eigenvalue weighted by Crippen LogP contribution is -2.43. The number of carbonyl (C=O) groups is 2. The van der Waals surface area contributed by atoms with Gasteiger partial charge in [-0.2, -0.15) is 4.99 Å². The summed E-state index contributed by atoms with van der Waals surface area (Å²) in [6.45, 7) is 5.88. The predicted molar refractivity (Wildman–Crippen MR) is 88.4 cm³/mol. The van der Waals surface area contributed by atoms with Gasteiger partial charge in [0.2, 0.25) is 5.96 Å². The number of urea groups is 1. The fraction of sp³-hybridized carbons (Fsp3) is 0.417. The van der Waals surface area contributed by atoms with Gasteiger partial charge in [-0.1, -0.05) is 11.6 Å². The van der Waals surface area contributed by atoms with E-state index in [-0.39, 0.29) is 28.5 Å². The van der Waals surface area contributed by atoms with Crippen LogP contribution in [0.5, 0.6) is 0 Å². The smallest absolute Gasteiger partial charge is 0.321 e. The van der Waals surface area contributed by atoms with Crippen LogP contribution in [-0.4, -0.2) is 40.5 Å². The number of nitrogens with zero attached hydrogens (tertiary/aromatic N) is 3. The van der Waals surface area contributed by atoms with Crippen LogP contribution >= 0.6 is 11.6 Å². The van der Waals surface area contributed by atoms with E-state index in [9.17, 15) is 9.59 Å². The molecule has 0 saturated carbocycles. The van der Waals surface area contributed by atoms with Gasteiger partial charge < -0.3 is 22.1 Å². The number of guanidine groups is 1. The van der Waals surface area contributed by atoms with Gasteiger partial charge in [0.05, 0.1) is 0 Å². The predicted octanol–water partition coefficient (Wildman–Crippen LogP) is 0.307. The molecule has 0 spiro atoms. The fourth-order valence-corrected chi connectivity index (χ4v) is 1.64. The summed E-state index contributed by atoms with van der Waals surface area (Å²) in [5, 5.41) is 7.52. The summed E-state index contributed by atoms with van der Waals surface area (Å²) < 4.78 is 0. The minimum absolute atomic E-state index is 0.0262. The largest absolute Gasteiger partial charge is 0.382 e. The van der Waals surface area contributed by atoms with Crippen molar-refractivity contribution in [1.29, 1.82) is 0 Å². The molecule has 10 nitrogen and oxygen atoms in total. The molecule has 0 unspecified atom stereocenters. The number of hydrogen-bond donors (Lipinski definition) is 5. The first-order valence-corrected chi connectivity index (χ1v) is 7.15. The molecule has 1 heterocycles. The lowest BCUT2D eigenvalue weighted by atomic mass is 10.3. The molecule has 0 fully saturated rings. The zero-order valence-corrected chi connectivity index (χ0v) is 13.7. The minimum atomic E-state index is -0.873. The Hall–Kier alpha value is -2.62. The van der Waals surface area contributed by atoms with Crippen LogP contribution in [0.15, 0.2) is 4.99 Å². The number of aromatic nitrogens is 2. The number of nitrogen functional groups attached to an aromatic ring is 1. The third kappa shape index (κ3) is 5.58. The second-order valence-corrected chi connectivity index (χ2v) is 5.04. The SMILES string of the molecule is CCNC(=O)N/C(N)=N\C(=O)c1nc(Cl)c(NC(C)C)nc1N. The average molecular weight is 343 g/mol. The molecule has 0 bridgehead atoms. The van der Waals surface area contributed by atoms with Gasteiger partial charge in [0.1, 0.15) is 0 Å². The van der Waals surface area contributed by atoms with Crippen molar-refractivity contribution in [3.63, 3.8) is 0 Å². The number of aliphatic imine (C=N–C) groups is 1. The maximum absolute atomic E-state index is 12.0. The molecule has 1 rings (SSSR count). The number of nitrogens with two attached hydrogens (primary N) is 2. The van der Waals surface area contributed by atoms with E-state index in [4.69, 9.17) is 23.1 Å². The van der Waals surface area contributed by atoms with E-state index in [2.05, 4.69) is 30.9 Å². The van der Waals surface area contributed by atoms with E-state index in [1.165, 1.54) is 0 Å². The molecule has 126 valence electrons. The van der Waals surface area contributed by atoms with Gasteiger partial charge in [-0.05, 0) is 20.8 Å². The van der Waals surface area contributed by atoms with Crippen molar-refractivity contribution in [1.82, 2.24) is 20.6 Å². The molecule has 0 aliphatic carbocycles. The molecule has 1 aromatic rings. The maximum Gasteiger partial charge on any atom is 0.321 e. The zero-order chi connectivity index (χ0) is 17.6. The third-order valence-corrected chi connectivity index (χ3v) is 2.57. The Morgan fingerprint density at radius 2 is 2.00 bits per heavy atom. The van der Waals surface area contributed by atoms with Crippen molar-refractivity contribution in [3.8, 4) is 0 Å². The highest BCUT2D eigenvalue weighted by Crippen LogP contribution is 2.21. The molecular weight excluding hydrogens is 324 g/mol. The summed E-state index contributed by atoms with van der Waals surface area (Å²) >= 11 is 5.95. The van der Waals surface area contributed by atoms with Crippen molar-refractivity contribution >= 4 is 41.1 Å². The van der Waals surface area contributed by atoms with Crippen LogP contribution in [0.4, 0.5) is 16.4 Å². The van der Waals surface area contributed by atoms with Crippen LogP contribution in [0, 0.1) is 0 Å². The molecule has 0 atom stereocenters. The fourth-order valence-electron chi connectivity index (χ4n) is 1.46. The third-order valence-electron chi connectivity index (χ3n) is 2.31. The number of hydrogen-bond acceptors (Lipinski definition) is 6. The highest BCUT2D eigenvalue weighted by Gasteiger charge is 2.17. The molecule has 3 amide bonds. The minimum Gasteiger partial charge on any atom is -0.382 e. The number of halogens is 1. The van der Waals surface area contributed by atoms with Crippen LogP contribution in [0.2, 0.25) is 5.15 Å². The van der Waals surface area contributed by atoms with Crippen molar-refractivity contribution < 1.29 is 9.59 Å². The van der Waals surface area contributed by atoms with Crippen molar-refractivity contribution in [2.75, 3.05) is 17.6 Å². The van der Waals surface area contributed by atoms with Gasteiger partial charge in [0.15, 0.2) is 22.5 Å². The second-order valence-electron chi connectivity index (χ2n) is 4.68. The van der Waals surface area contributed by atoms with E-state index >= 15 is 0 Å².